The molecular formula is C12H9Cl2NO2S. The molecule has 0 bridgehead atoms. The number of aromatic carboxylic acids is 1. The minimum atomic E-state index is -0.988. The molecule has 6 heteroatoms. The van der Waals surface area contributed by atoms with E-state index in [0.717, 1.165) is 5.01 Å². The maximum Gasteiger partial charge on any atom is 0.348 e. The van der Waals surface area contributed by atoms with Gasteiger partial charge in [-0.15, -0.1) is 11.3 Å². The first kappa shape index (κ1) is 13.3. The van der Waals surface area contributed by atoms with Crippen molar-refractivity contribution in [2.24, 2.45) is 0 Å². The molecule has 0 radical (unpaired) electrons. The van der Waals surface area contributed by atoms with Crippen LogP contribution in [0.2, 0.25) is 10.0 Å². The van der Waals surface area contributed by atoms with Crippen LogP contribution in [0.1, 0.15) is 21.6 Å². The molecule has 0 aliphatic carbocycles. The van der Waals surface area contributed by atoms with Crippen molar-refractivity contribution in [3.63, 3.8) is 0 Å². The number of hydrogen-bond acceptors (Lipinski definition) is 3. The predicted molar refractivity (Wildman–Crippen MR) is 73.9 cm³/mol. The molecule has 0 aliphatic rings. The zero-order chi connectivity index (χ0) is 13.3. The molecule has 3 nitrogen and oxygen atoms in total. The first-order valence-corrected chi connectivity index (χ1v) is 6.78. The molecule has 1 aromatic heterocycles. The molecular weight excluding hydrogens is 293 g/mol. The zero-order valence-electron chi connectivity index (χ0n) is 9.41. The number of aromatic nitrogens is 1. The Morgan fingerprint density at radius 2 is 1.94 bits per heavy atom. The maximum absolute atomic E-state index is 11.2. The molecule has 0 saturated carbocycles. The number of carbonyl (C=O) groups is 1. The quantitative estimate of drug-likeness (QED) is 0.915. The minimum absolute atomic E-state index is 0.213. The smallest absolute Gasteiger partial charge is 0.348 e. The molecule has 0 spiro atoms. The summed E-state index contributed by atoms with van der Waals surface area (Å²) in [7, 11) is 0. The van der Waals surface area contributed by atoms with Crippen LogP contribution in [0.3, 0.4) is 0 Å². The molecule has 0 unspecified atom stereocenters. The Balaban J connectivity index is 2.61. The van der Waals surface area contributed by atoms with E-state index in [-0.39, 0.29) is 4.88 Å². The van der Waals surface area contributed by atoms with Gasteiger partial charge in [0.05, 0.1) is 10.7 Å². The number of aryl methyl sites for hydroxylation is 1. The van der Waals surface area contributed by atoms with Gasteiger partial charge >= 0.3 is 5.97 Å². The largest absolute Gasteiger partial charge is 0.477 e. The average molecular weight is 302 g/mol. The molecule has 0 saturated heterocycles. The van der Waals surface area contributed by atoms with Crippen LogP contribution in [0.4, 0.5) is 0 Å². The van der Waals surface area contributed by atoms with Crippen molar-refractivity contribution in [3.8, 4) is 11.3 Å². The van der Waals surface area contributed by atoms with Gasteiger partial charge in [0.1, 0.15) is 4.88 Å². The molecule has 0 amide bonds. The van der Waals surface area contributed by atoms with Crippen LogP contribution in [0, 0.1) is 0 Å². The summed E-state index contributed by atoms with van der Waals surface area (Å²) in [5.74, 6) is -0.988. The van der Waals surface area contributed by atoms with Crippen LogP contribution < -0.4 is 0 Å². The number of benzene rings is 1. The summed E-state index contributed by atoms with van der Waals surface area (Å²) in [4.78, 5) is 15.7. The first-order chi connectivity index (χ1) is 8.51. The average Bonchev–Trinajstić information content (AvgIpc) is 2.71. The van der Waals surface area contributed by atoms with E-state index in [1.807, 2.05) is 6.92 Å². The van der Waals surface area contributed by atoms with Crippen molar-refractivity contribution in [2.75, 3.05) is 0 Å². The summed E-state index contributed by atoms with van der Waals surface area (Å²) < 4.78 is 0. The van der Waals surface area contributed by atoms with Crippen LogP contribution in [0.15, 0.2) is 18.2 Å². The van der Waals surface area contributed by atoms with Crippen molar-refractivity contribution >= 4 is 40.5 Å². The predicted octanol–water partition coefficient (Wildman–Crippen LogP) is 4.38. The second-order valence-corrected chi connectivity index (χ2v) is 5.56. The Kier molecular flexibility index (Phi) is 3.90. The highest BCUT2D eigenvalue weighted by Crippen LogP contribution is 2.32. The van der Waals surface area contributed by atoms with Gasteiger partial charge in [-0.2, -0.15) is 0 Å². The zero-order valence-corrected chi connectivity index (χ0v) is 11.7. The van der Waals surface area contributed by atoms with E-state index in [2.05, 4.69) is 4.98 Å². The lowest BCUT2D eigenvalue weighted by Gasteiger charge is -2.01. The molecule has 0 aliphatic heterocycles. The van der Waals surface area contributed by atoms with Crippen LogP contribution >= 0.6 is 34.5 Å². The fourth-order valence-corrected chi connectivity index (χ4v) is 2.94. The molecule has 94 valence electrons. The van der Waals surface area contributed by atoms with Gasteiger partial charge in [0, 0.05) is 15.6 Å². The van der Waals surface area contributed by atoms with E-state index in [1.165, 1.54) is 11.3 Å². The third kappa shape index (κ3) is 2.66. The van der Waals surface area contributed by atoms with Gasteiger partial charge in [-0.1, -0.05) is 30.1 Å². The fraction of sp³-hybridized carbons (Fsp3) is 0.167. The van der Waals surface area contributed by atoms with Crippen LogP contribution in [0.25, 0.3) is 11.3 Å². The van der Waals surface area contributed by atoms with Crippen molar-refractivity contribution in [2.45, 2.75) is 13.3 Å². The molecule has 0 atom stereocenters. The van der Waals surface area contributed by atoms with Crippen molar-refractivity contribution in [1.82, 2.24) is 4.98 Å². The van der Waals surface area contributed by atoms with Crippen LogP contribution in [-0.2, 0) is 6.42 Å². The van der Waals surface area contributed by atoms with Gasteiger partial charge in [-0.25, -0.2) is 9.78 Å². The van der Waals surface area contributed by atoms with Crippen LogP contribution in [0.5, 0.6) is 0 Å². The van der Waals surface area contributed by atoms with E-state index in [1.54, 1.807) is 18.2 Å². The Bertz CT molecular complexity index is 590. The summed E-state index contributed by atoms with van der Waals surface area (Å²) >= 11 is 13.0. The standard InChI is InChI=1S/C12H9Cl2NO2S/c1-2-9-15-10(11(18-9)12(16)17)6-3-7(13)5-8(14)4-6/h3-5H,2H2,1H3,(H,16,17). The number of rotatable bonds is 3. The van der Waals surface area contributed by atoms with Gasteiger partial charge < -0.3 is 5.11 Å². The normalized spacial score (nSPS) is 10.6. The number of halogens is 2. The SMILES string of the molecule is CCc1nc(-c2cc(Cl)cc(Cl)c2)c(C(=O)O)s1. The van der Waals surface area contributed by atoms with Crippen molar-refractivity contribution < 1.29 is 9.90 Å². The number of nitrogens with zero attached hydrogens (tertiary/aromatic N) is 1. The van der Waals surface area contributed by atoms with Gasteiger partial charge in [0.15, 0.2) is 0 Å². The highest BCUT2D eigenvalue weighted by atomic mass is 35.5. The van der Waals surface area contributed by atoms with Gasteiger partial charge in [-0.3, -0.25) is 0 Å². The Morgan fingerprint density at radius 1 is 1.33 bits per heavy atom. The lowest BCUT2D eigenvalue weighted by Crippen LogP contribution is -1.95. The van der Waals surface area contributed by atoms with E-state index in [4.69, 9.17) is 23.2 Å². The molecule has 1 heterocycles. The fourth-order valence-electron chi connectivity index (χ4n) is 1.55. The second kappa shape index (κ2) is 5.26. The topological polar surface area (TPSA) is 50.2 Å². The molecule has 0 fully saturated rings. The lowest BCUT2D eigenvalue weighted by molar-refractivity contribution is 0.0702. The molecule has 18 heavy (non-hydrogen) atoms. The highest BCUT2D eigenvalue weighted by Gasteiger charge is 2.18. The Hall–Kier alpha value is -1.10. The Morgan fingerprint density at radius 3 is 2.44 bits per heavy atom. The van der Waals surface area contributed by atoms with Gasteiger partial charge in [0.2, 0.25) is 0 Å². The third-order valence-corrected chi connectivity index (χ3v) is 3.93. The number of carboxylic acid groups (broad SMARTS) is 1. The number of hydrogen-bond donors (Lipinski definition) is 1. The van der Waals surface area contributed by atoms with Gasteiger partial charge in [0.25, 0.3) is 0 Å². The van der Waals surface area contributed by atoms with E-state index in [0.29, 0.717) is 27.7 Å². The summed E-state index contributed by atoms with van der Waals surface area (Å²) in [6.07, 6.45) is 0.694. The number of carboxylic acids is 1. The van der Waals surface area contributed by atoms with Gasteiger partial charge in [-0.05, 0) is 24.6 Å². The van der Waals surface area contributed by atoms with Crippen molar-refractivity contribution in [3.05, 3.63) is 38.1 Å². The highest BCUT2D eigenvalue weighted by molar-refractivity contribution is 7.14. The Labute approximate surface area is 118 Å². The summed E-state index contributed by atoms with van der Waals surface area (Å²) in [6, 6.07) is 4.92. The summed E-state index contributed by atoms with van der Waals surface area (Å²) in [5.41, 5.74) is 1.05. The van der Waals surface area contributed by atoms with E-state index >= 15 is 0 Å². The third-order valence-electron chi connectivity index (χ3n) is 2.30. The summed E-state index contributed by atoms with van der Waals surface area (Å²) in [6.45, 7) is 1.93. The molecule has 2 aromatic rings. The maximum atomic E-state index is 11.2. The van der Waals surface area contributed by atoms with Crippen LogP contribution in [-0.4, -0.2) is 16.1 Å². The minimum Gasteiger partial charge on any atom is -0.477 e. The number of thiazole rings is 1. The monoisotopic (exact) mass is 301 g/mol. The lowest BCUT2D eigenvalue weighted by atomic mass is 10.1. The van der Waals surface area contributed by atoms with E-state index in [9.17, 15) is 9.90 Å². The molecule has 1 N–H and O–H groups in total. The van der Waals surface area contributed by atoms with E-state index < -0.39 is 5.97 Å². The van der Waals surface area contributed by atoms with Crippen molar-refractivity contribution in [1.29, 1.82) is 0 Å². The second-order valence-electron chi connectivity index (χ2n) is 3.60. The first-order valence-electron chi connectivity index (χ1n) is 5.20. The molecule has 1 aromatic carbocycles. The molecule has 2 rings (SSSR count). The summed E-state index contributed by atoms with van der Waals surface area (Å²) in [5, 5.41) is 10.9.